The number of carbonyl (C=O) groups is 1. The second-order valence-corrected chi connectivity index (χ2v) is 3.91. The molecule has 1 N–H and O–H groups in total. The molecule has 1 saturated heterocycles. The van der Waals surface area contributed by atoms with Gasteiger partial charge in [-0.1, -0.05) is 6.07 Å². The predicted molar refractivity (Wildman–Crippen MR) is 62.2 cm³/mol. The zero-order chi connectivity index (χ0) is 13.3. The maximum absolute atomic E-state index is 11.8. The van der Waals surface area contributed by atoms with Gasteiger partial charge < -0.3 is 14.8 Å². The zero-order valence-electron chi connectivity index (χ0n) is 9.93. The topological polar surface area (TPSA) is 94.0 Å². The number of ether oxygens (including phenoxy) is 2. The van der Waals surface area contributed by atoms with E-state index < -0.39 is 16.6 Å². The van der Waals surface area contributed by atoms with Crippen molar-refractivity contribution in [2.45, 2.75) is 12.7 Å². The monoisotopic (exact) mass is 252 g/mol. The second kappa shape index (κ2) is 4.35. The number of nitro groups is 1. The van der Waals surface area contributed by atoms with Gasteiger partial charge in [-0.3, -0.25) is 14.9 Å². The number of nitrogens with one attached hydrogen (secondary N) is 1. The SMILES string of the molecule is COC1(C(=O)Nc2cccc([N+](=O)[O-])c2C)CO1. The Kier molecular flexibility index (Phi) is 3.02. The van der Waals surface area contributed by atoms with E-state index >= 15 is 0 Å². The average molecular weight is 252 g/mol. The summed E-state index contributed by atoms with van der Waals surface area (Å²) in [5.74, 6) is -1.70. The predicted octanol–water partition coefficient (Wildman–Crippen LogP) is 1.21. The van der Waals surface area contributed by atoms with Crippen LogP contribution in [0.4, 0.5) is 11.4 Å². The van der Waals surface area contributed by atoms with E-state index in [0.717, 1.165) is 0 Å². The maximum atomic E-state index is 11.8. The summed E-state index contributed by atoms with van der Waals surface area (Å²) in [7, 11) is 1.37. The molecule has 0 radical (unpaired) electrons. The van der Waals surface area contributed by atoms with E-state index in [9.17, 15) is 14.9 Å². The normalized spacial score (nSPS) is 21.4. The van der Waals surface area contributed by atoms with Crippen LogP contribution in [-0.4, -0.2) is 30.3 Å². The van der Waals surface area contributed by atoms with Crippen LogP contribution in [0.15, 0.2) is 18.2 Å². The Morgan fingerprint density at radius 3 is 2.78 bits per heavy atom. The van der Waals surface area contributed by atoms with Gasteiger partial charge in [0.25, 0.3) is 17.4 Å². The number of anilines is 1. The average Bonchev–Trinajstić information content (AvgIpc) is 3.12. The Balaban J connectivity index is 2.22. The van der Waals surface area contributed by atoms with Crippen molar-refractivity contribution in [2.75, 3.05) is 19.0 Å². The van der Waals surface area contributed by atoms with E-state index in [4.69, 9.17) is 9.47 Å². The molecule has 7 nitrogen and oxygen atoms in total. The number of benzene rings is 1. The fourth-order valence-electron chi connectivity index (χ4n) is 1.58. The fourth-order valence-corrected chi connectivity index (χ4v) is 1.58. The van der Waals surface area contributed by atoms with Gasteiger partial charge >= 0.3 is 0 Å². The molecule has 2 rings (SSSR count). The standard InChI is InChI=1S/C11H12N2O5/c1-7-8(4-3-5-9(7)13(15)16)12-10(14)11(17-2)6-18-11/h3-5H,6H2,1-2H3,(H,12,14). The van der Waals surface area contributed by atoms with E-state index in [0.29, 0.717) is 11.3 Å². The van der Waals surface area contributed by atoms with Gasteiger partial charge in [0.1, 0.15) is 6.61 Å². The first kappa shape index (κ1) is 12.5. The van der Waals surface area contributed by atoms with Crippen LogP contribution < -0.4 is 5.32 Å². The molecule has 0 bridgehead atoms. The molecule has 1 unspecified atom stereocenters. The molecule has 1 fully saturated rings. The van der Waals surface area contributed by atoms with E-state index in [-0.39, 0.29) is 12.3 Å². The number of hydrogen-bond donors (Lipinski definition) is 1. The fraction of sp³-hybridized carbons (Fsp3) is 0.364. The first-order valence-electron chi connectivity index (χ1n) is 5.25. The van der Waals surface area contributed by atoms with Crippen LogP contribution in [0.5, 0.6) is 0 Å². The Morgan fingerprint density at radius 1 is 1.61 bits per heavy atom. The van der Waals surface area contributed by atoms with Crippen molar-refractivity contribution in [3.63, 3.8) is 0 Å². The largest absolute Gasteiger partial charge is 0.344 e. The van der Waals surface area contributed by atoms with Crippen LogP contribution in [0.2, 0.25) is 0 Å². The lowest BCUT2D eigenvalue weighted by Crippen LogP contribution is -2.33. The minimum Gasteiger partial charge on any atom is -0.344 e. The lowest BCUT2D eigenvalue weighted by molar-refractivity contribution is -0.385. The van der Waals surface area contributed by atoms with Crippen molar-refractivity contribution in [1.82, 2.24) is 0 Å². The van der Waals surface area contributed by atoms with Gasteiger partial charge in [0, 0.05) is 13.2 Å². The summed E-state index contributed by atoms with van der Waals surface area (Å²) in [5, 5.41) is 13.3. The molecule has 1 aromatic carbocycles. The number of hydrogen-bond acceptors (Lipinski definition) is 5. The van der Waals surface area contributed by atoms with Gasteiger partial charge in [-0.25, -0.2) is 0 Å². The smallest absolute Gasteiger partial charge is 0.287 e. The summed E-state index contributed by atoms with van der Waals surface area (Å²) in [6.07, 6.45) is 0. The van der Waals surface area contributed by atoms with Gasteiger partial charge in [-0.05, 0) is 13.0 Å². The minimum atomic E-state index is -1.24. The molecule has 7 heteroatoms. The molecule has 1 heterocycles. The minimum absolute atomic E-state index is 0.0454. The van der Waals surface area contributed by atoms with Gasteiger partial charge in [0.05, 0.1) is 16.2 Å². The van der Waals surface area contributed by atoms with Crippen molar-refractivity contribution in [3.8, 4) is 0 Å². The quantitative estimate of drug-likeness (QED) is 0.494. The first-order valence-corrected chi connectivity index (χ1v) is 5.25. The van der Waals surface area contributed by atoms with Crippen LogP contribution in [0.25, 0.3) is 0 Å². The molecule has 1 amide bonds. The molecule has 1 atom stereocenters. The van der Waals surface area contributed by atoms with Crippen molar-refractivity contribution >= 4 is 17.3 Å². The number of nitro benzene ring substituents is 1. The van der Waals surface area contributed by atoms with Gasteiger partial charge in [-0.2, -0.15) is 0 Å². The molecule has 1 aliphatic heterocycles. The van der Waals surface area contributed by atoms with E-state index in [1.54, 1.807) is 13.0 Å². The Bertz CT molecular complexity index is 510. The van der Waals surface area contributed by atoms with Crippen LogP contribution in [0, 0.1) is 17.0 Å². The highest BCUT2D eigenvalue weighted by Crippen LogP contribution is 2.31. The molecule has 1 aromatic rings. The van der Waals surface area contributed by atoms with Gasteiger partial charge in [0.15, 0.2) is 0 Å². The number of methoxy groups -OCH3 is 1. The van der Waals surface area contributed by atoms with Crippen molar-refractivity contribution < 1.29 is 19.2 Å². The summed E-state index contributed by atoms with van der Waals surface area (Å²) in [6.45, 7) is 1.75. The molecule has 96 valence electrons. The van der Waals surface area contributed by atoms with E-state index in [2.05, 4.69) is 5.32 Å². The number of carbonyl (C=O) groups excluding carboxylic acids is 1. The van der Waals surface area contributed by atoms with E-state index in [1.807, 2.05) is 0 Å². The molecule has 0 spiro atoms. The van der Waals surface area contributed by atoms with Crippen LogP contribution in [-0.2, 0) is 14.3 Å². The Hall–Kier alpha value is -1.99. The summed E-state index contributed by atoms with van der Waals surface area (Å²) in [6, 6.07) is 4.48. The molecule has 18 heavy (non-hydrogen) atoms. The molecule has 1 aliphatic rings. The third kappa shape index (κ3) is 2.05. The Morgan fingerprint density at radius 2 is 2.28 bits per heavy atom. The number of rotatable bonds is 4. The highest BCUT2D eigenvalue weighted by atomic mass is 16.8. The van der Waals surface area contributed by atoms with Gasteiger partial charge in [-0.15, -0.1) is 0 Å². The lowest BCUT2D eigenvalue weighted by Gasteiger charge is -2.12. The third-order valence-electron chi connectivity index (χ3n) is 2.83. The molecule has 0 saturated carbocycles. The number of nitrogens with zero attached hydrogens (tertiary/aromatic N) is 1. The summed E-state index contributed by atoms with van der Waals surface area (Å²) in [4.78, 5) is 22.1. The van der Waals surface area contributed by atoms with Crippen LogP contribution >= 0.6 is 0 Å². The zero-order valence-corrected chi connectivity index (χ0v) is 9.93. The summed E-state index contributed by atoms with van der Waals surface area (Å²) < 4.78 is 9.86. The van der Waals surface area contributed by atoms with Crippen molar-refractivity contribution in [2.24, 2.45) is 0 Å². The van der Waals surface area contributed by atoms with Crippen LogP contribution in [0.1, 0.15) is 5.56 Å². The van der Waals surface area contributed by atoms with Crippen molar-refractivity contribution in [3.05, 3.63) is 33.9 Å². The first-order chi connectivity index (χ1) is 8.50. The Labute approximate surface area is 103 Å². The molecule has 0 aromatic heterocycles. The molecular formula is C11H12N2O5. The number of epoxide rings is 1. The van der Waals surface area contributed by atoms with E-state index in [1.165, 1.54) is 19.2 Å². The lowest BCUT2D eigenvalue weighted by atomic mass is 10.1. The molecule has 0 aliphatic carbocycles. The van der Waals surface area contributed by atoms with Crippen LogP contribution in [0.3, 0.4) is 0 Å². The summed E-state index contributed by atoms with van der Waals surface area (Å²) >= 11 is 0. The highest BCUT2D eigenvalue weighted by Gasteiger charge is 2.53. The maximum Gasteiger partial charge on any atom is 0.287 e. The third-order valence-corrected chi connectivity index (χ3v) is 2.83. The second-order valence-electron chi connectivity index (χ2n) is 3.91. The summed E-state index contributed by atoms with van der Waals surface area (Å²) in [5.41, 5.74) is 0.722. The highest BCUT2D eigenvalue weighted by molar-refractivity contribution is 5.98. The van der Waals surface area contributed by atoms with Gasteiger partial charge in [0.2, 0.25) is 0 Å². The van der Waals surface area contributed by atoms with Crippen molar-refractivity contribution in [1.29, 1.82) is 0 Å². The number of amides is 1. The molecular weight excluding hydrogens is 240 g/mol.